The van der Waals surface area contributed by atoms with Crippen molar-refractivity contribution in [3.63, 3.8) is 0 Å². The van der Waals surface area contributed by atoms with Crippen molar-refractivity contribution in [1.29, 1.82) is 0 Å². The lowest BCUT2D eigenvalue weighted by molar-refractivity contribution is 0.0997. The topological polar surface area (TPSA) is 116 Å². The van der Waals surface area contributed by atoms with Crippen LogP contribution >= 0.6 is 0 Å². The fourth-order valence-electron chi connectivity index (χ4n) is 2.94. The molecule has 1 aromatic carbocycles. The molecule has 3 aromatic heterocycles. The zero-order valence-corrected chi connectivity index (χ0v) is 14.9. The molecule has 9 nitrogen and oxygen atoms in total. The van der Waals surface area contributed by atoms with Crippen molar-refractivity contribution in [1.82, 2.24) is 14.1 Å². The Balaban J connectivity index is 1.76. The lowest BCUT2D eigenvalue weighted by Crippen LogP contribution is -2.37. The Morgan fingerprint density at radius 2 is 1.79 bits per heavy atom. The van der Waals surface area contributed by atoms with Crippen molar-refractivity contribution < 1.29 is 9.21 Å². The van der Waals surface area contributed by atoms with Gasteiger partial charge in [-0.15, -0.1) is 0 Å². The number of pyridine rings is 1. The molecule has 3 heterocycles. The van der Waals surface area contributed by atoms with Crippen molar-refractivity contribution >= 4 is 33.6 Å². The molecule has 4 aromatic rings. The maximum Gasteiger partial charge on any atom is 0.332 e. The molecule has 0 unspecified atom stereocenters. The standard InChI is InChI=1S/C19H14N4O5/c1-22-16-12(18(26)23(2)19(22)27)7-10(9-20-16)21-17(25)15-8-13(24)11-5-3-4-6-14(11)28-15/h3-9H,1-2H3,(H,21,25). The molecule has 4 rings (SSSR count). The summed E-state index contributed by atoms with van der Waals surface area (Å²) in [7, 11) is 2.86. The van der Waals surface area contributed by atoms with Gasteiger partial charge in [0.05, 0.1) is 22.7 Å². The zero-order valence-electron chi connectivity index (χ0n) is 14.9. The Bertz CT molecular complexity index is 1450. The van der Waals surface area contributed by atoms with Gasteiger partial charge in [-0.3, -0.25) is 23.5 Å². The number of hydrogen-bond donors (Lipinski definition) is 1. The molecule has 0 spiro atoms. The number of carbonyl (C=O) groups is 1. The highest BCUT2D eigenvalue weighted by molar-refractivity contribution is 6.03. The van der Waals surface area contributed by atoms with Crippen LogP contribution in [0.25, 0.3) is 22.0 Å². The predicted molar refractivity (Wildman–Crippen MR) is 103 cm³/mol. The summed E-state index contributed by atoms with van der Waals surface area (Å²) in [5, 5.41) is 3.09. The minimum atomic E-state index is -0.661. The first-order valence-corrected chi connectivity index (χ1v) is 8.27. The van der Waals surface area contributed by atoms with Gasteiger partial charge in [-0.1, -0.05) is 12.1 Å². The summed E-state index contributed by atoms with van der Waals surface area (Å²) < 4.78 is 7.70. The van der Waals surface area contributed by atoms with Crippen molar-refractivity contribution in [3.8, 4) is 0 Å². The number of amides is 1. The molecular weight excluding hydrogens is 364 g/mol. The second kappa shape index (κ2) is 6.31. The van der Waals surface area contributed by atoms with Crippen LogP contribution in [0.5, 0.6) is 0 Å². The molecule has 140 valence electrons. The molecule has 0 bridgehead atoms. The van der Waals surface area contributed by atoms with E-state index in [9.17, 15) is 19.2 Å². The van der Waals surface area contributed by atoms with Crippen molar-refractivity contribution in [2.75, 3.05) is 5.32 Å². The summed E-state index contributed by atoms with van der Waals surface area (Å²) in [6.45, 7) is 0. The number of para-hydroxylation sites is 1. The van der Waals surface area contributed by atoms with Gasteiger partial charge in [-0.25, -0.2) is 9.78 Å². The Kier molecular flexibility index (Phi) is 3.92. The number of hydrogen-bond acceptors (Lipinski definition) is 6. The molecule has 0 saturated heterocycles. The fraction of sp³-hybridized carbons (Fsp3) is 0.105. The molecule has 1 amide bonds. The smallest absolute Gasteiger partial charge is 0.332 e. The molecule has 0 aliphatic carbocycles. The van der Waals surface area contributed by atoms with Gasteiger partial charge in [0.15, 0.2) is 11.2 Å². The van der Waals surface area contributed by atoms with E-state index >= 15 is 0 Å². The average Bonchev–Trinajstić information content (AvgIpc) is 2.70. The Labute approximate surface area is 156 Å². The Morgan fingerprint density at radius 3 is 2.57 bits per heavy atom. The van der Waals surface area contributed by atoms with Crippen LogP contribution in [0.2, 0.25) is 0 Å². The van der Waals surface area contributed by atoms with E-state index in [0.29, 0.717) is 11.0 Å². The molecule has 0 fully saturated rings. The van der Waals surface area contributed by atoms with Crippen LogP contribution in [0.15, 0.2) is 61.4 Å². The molecule has 9 heteroatoms. The normalized spacial score (nSPS) is 11.1. The van der Waals surface area contributed by atoms with Gasteiger partial charge in [0.2, 0.25) is 0 Å². The summed E-state index contributed by atoms with van der Waals surface area (Å²) >= 11 is 0. The highest BCUT2D eigenvalue weighted by Gasteiger charge is 2.15. The predicted octanol–water partition coefficient (Wildman–Crippen LogP) is 0.991. The first kappa shape index (κ1) is 17.4. The number of anilines is 1. The molecule has 1 N–H and O–H groups in total. The highest BCUT2D eigenvalue weighted by Crippen LogP contribution is 2.15. The molecule has 0 atom stereocenters. The van der Waals surface area contributed by atoms with Gasteiger partial charge in [0.1, 0.15) is 11.2 Å². The quantitative estimate of drug-likeness (QED) is 0.556. The van der Waals surface area contributed by atoms with Crippen LogP contribution in [-0.2, 0) is 14.1 Å². The number of carbonyl (C=O) groups excluding carboxylic acids is 1. The SMILES string of the molecule is Cn1c(=O)c2cc(NC(=O)c3cc(=O)c4ccccc4o3)cnc2n(C)c1=O. The summed E-state index contributed by atoms with van der Waals surface area (Å²) in [6.07, 6.45) is 1.32. The maximum absolute atomic E-state index is 12.5. The number of aromatic nitrogens is 3. The van der Waals surface area contributed by atoms with Crippen molar-refractivity contribution in [2.45, 2.75) is 0 Å². The third-order valence-electron chi connectivity index (χ3n) is 4.41. The van der Waals surface area contributed by atoms with E-state index in [-0.39, 0.29) is 27.9 Å². The van der Waals surface area contributed by atoms with Gasteiger partial charge < -0.3 is 9.73 Å². The zero-order chi connectivity index (χ0) is 20.0. The highest BCUT2D eigenvalue weighted by atomic mass is 16.3. The summed E-state index contributed by atoms with van der Waals surface area (Å²) in [5.74, 6) is -0.831. The summed E-state index contributed by atoms with van der Waals surface area (Å²) in [6, 6.07) is 9.12. The van der Waals surface area contributed by atoms with Gasteiger partial charge in [-0.2, -0.15) is 0 Å². The number of fused-ring (bicyclic) bond motifs is 2. The largest absolute Gasteiger partial charge is 0.451 e. The van der Waals surface area contributed by atoms with E-state index in [1.165, 1.54) is 30.9 Å². The number of nitrogens with zero attached hydrogens (tertiary/aromatic N) is 3. The van der Waals surface area contributed by atoms with E-state index in [2.05, 4.69) is 10.3 Å². The number of rotatable bonds is 2. The molecule has 28 heavy (non-hydrogen) atoms. The maximum atomic E-state index is 12.5. The molecule has 0 aliphatic heterocycles. The van der Waals surface area contributed by atoms with Crippen LogP contribution in [0.4, 0.5) is 5.69 Å². The fourth-order valence-corrected chi connectivity index (χ4v) is 2.94. The minimum Gasteiger partial charge on any atom is -0.451 e. The van der Waals surface area contributed by atoms with E-state index in [1.807, 2.05) is 0 Å². The van der Waals surface area contributed by atoms with Crippen LogP contribution in [-0.4, -0.2) is 20.0 Å². The second-order valence-corrected chi connectivity index (χ2v) is 6.23. The third kappa shape index (κ3) is 2.69. The number of aryl methyl sites for hydroxylation is 1. The first-order valence-electron chi connectivity index (χ1n) is 8.27. The Hall–Kier alpha value is -4.01. The lowest BCUT2D eigenvalue weighted by Gasteiger charge is -2.09. The monoisotopic (exact) mass is 378 g/mol. The minimum absolute atomic E-state index is 0.169. The Morgan fingerprint density at radius 1 is 1.04 bits per heavy atom. The van der Waals surface area contributed by atoms with Crippen LogP contribution in [0.1, 0.15) is 10.6 Å². The molecule has 0 saturated carbocycles. The van der Waals surface area contributed by atoms with Crippen LogP contribution < -0.4 is 22.0 Å². The van der Waals surface area contributed by atoms with Gasteiger partial charge >= 0.3 is 5.69 Å². The number of nitrogens with one attached hydrogen (secondary N) is 1. The summed E-state index contributed by atoms with van der Waals surface area (Å²) in [4.78, 5) is 53.1. The molecular formula is C19H14N4O5. The molecule has 0 aliphatic rings. The van der Waals surface area contributed by atoms with E-state index in [4.69, 9.17) is 4.42 Å². The van der Waals surface area contributed by atoms with Gasteiger partial charge in [-0.05, 0) is 18.2 Å². The van der Waals surface area contributed by atoms with Gasteiger partial charge in [0.25, 0.3) is 11.5 Å². The van der Waals surface area contributed by atoms with Crippen LogP contribution in [0.3, 0.4) is 0 Å². The first-order chi connectivity index (χ1) is 13.4. The van der Waals surface area contributed by atoms with E-state index < -0.39 is 17.2 Å². The van der Waals surface area contributed by atoms with Crippen molar-refractivity contribution in [3.05, 3.63) is 79.4 Å². The lowest BCUT2D eigenvalue weighted by atomic mass is 10.2. The van der Waals surface area contributed by atoms with E-state index in [0.717, 1.165) is 10.6 Å². The molecule has 0 radical (unpaired) electrons. The third-order valence-corrected chi connectivity index (χ3v) is 4.41. The summed E-state index contributed by atoms with van der Waals surface area (Å²) in [5.41, 5.74) is -0.654. The van der Waals surface area contributed by atoms with E-state index in [1.54, 1.807) is 24.3 Å². The average molecular weight is 378 g/mol. The van der Waals surface area contributed by atoms with Crippen molar-refractivity contribution in [2.24, 2.45) is 14.1 Å². The second-order valence-electron chi connectivity index (χ2n) is 6.23. The number of benzene rings is 1. The van der Waals surface area contributed by atoms with Crippen LogP contribution in [0, 0.1) is 0 Å². The van der Waals surface area contributed by atoms with Gasteiger partial charge in [0, 0.05) is 20.2 Å².